The molecule has 0 atom stereocenters. The molecule has 0 aliphatic heterocycles. The van der Waals surface area contributed by atoms with E-state index in [0.29, 0.717) is 0 Å². The van der Waals surface area contributed by atoms with Gasteiger partial charge in [0.05, 0.1) is 0 Å². The Hall–Kier alpha value is 0.170. The van der Waals surface area contributed by atoms with E-state index in [2.05, 4.69) is 22.7 Å². The van der Waals surface area contributed by atoms with Crippen LogP contribution in [0.4, 0.5) is 0 Å². The van der Waals surface area contributed by atoms with Gasteiger partial charge in [-0.05, 0) is 6.92 Å². The van der Waals surface area contributed by atoms with Gasteiger partial charge in [-0.15, -0.1) is 8.86 Å². The molecule has 0 spiro atoms. The van der Waals surface area contributed by atoms with Crippen LogP contribution in [-0.4, -0.2) is 5.80 Å². The third-order valence-corrected chi connectivity index (χ3v) is 0.500. The average Bonchev–Trinajstić information content (AvgIpc) is 1.94. The Bertz CT molecular complexity index is 23.7. The lowest BCUT2D eigenvalue weighted by atomic mass is 10.4. The topological polar surface area (TPSA) is 0 Å². The molecular weight excluding hydrogens is 127 g/mol. The predicted octanol–water partition coefficient (Wildman–Crippen LogP) is 3.78. The van der Waals surface area contributed by atoms with Crippen molar-refractivity contribution in [3.05, 3.63) is 0 Å². The third-order valence-electron chi connectivity index (χ3n) is 0.500. The first kappa shape index (κ1) is 16.1. The van der Waals surface area contributed by atoms with Gasteiger partial charge in [0.1, 0.15) is 0 Å². The molecule has 0 bridgehead atoms. The molecule has 9 heavy (non-hydrogen) atoms. The largest absolute Gasteiger partial charge is 0.127 e. The van der Waals surface area contributed by atoms with E-state index in [1.165, 1.54) is 12.8 Å². The molecule has 1 heteroatoms. The molecule has 0 aliphatic carbocycles. The van der Waals surface area contributed by atoms with Crippen molar-refractivity contribution in [2.45, 2.75) is 47.5 Å². The molecule has 0 aromatic heterocycles. The summed E-state index contributed by atoms with van der Waals surface area (Å²) in [6.07, 6.45) is 2.64. The SMILES string of the molecule is CC.CC=P.CCCC. The first-order valence-electron chi connectivity index (χ1n) is 3.78. The maximum atomic E-state index is 3.06. The standard InChI is InChI=1S/C4H10.C2H5P.C2H6/c1-3-4-2;1-2-3;1-2/h3-4H2,1-2H3;2-3H,1H3;1-2H3. The summed E-state index contributed by atoms with van der Waals surface area (Å²) in [6, 6.07) is 0. The molecule has 0 aromatic carbocycles. The monoisotopic (exact) mass is 148 g/mol. The molecule has 58 valence electrons. The van der Waals surface area contributed by atoms with E-state index in [0.717, 1.165) is 0 Å². The summed E-state index contributed by atoms with van der Waals surface area (Å²) >= 11 is 0. The van der Waals surface area contributed by atoms with Crippen molar-refractivity contribution in [1.82, 2.24) is 0 Å². The summed E-state index contributed by atoms with van der Waals surface area (Å²) in [5.74, 6) is 1.81. The first-order chi connectivity index (χ1) is 4.33. The van der Waals surface area contributed by atoms with Gasteiger partial charge in [-0.25, -0.2) is 0 Å². The maximum Gasteiger partial charge on any atom is -0.0429 e. The molecule has 0 radical (unpaired) electrons. The zero-order chi connectivity index (χ0) is 8.12. The lowest BCUT2D eigenvalue weighted by molar-refractivity contribution is 0.886. The lowest BCUT2D eigenvalue weighted by Crippen LogP contribution is -1.47. The highest BCUT2D eigenvalue weighted by Gasteiger charge is 1.56. The smallest absolute Gasteiger partial charge is 0.0429 e. The minimum Gasteiger partial charge on any atom is -0.127 e. The molecule has 0 heterocycles. The molecule has 0 nitrogen and oxygen atoms in total. The van der Waals surface area contributed by atoms with E-state index < -0.39 is 0 Å². The minimum atomic E-state index is 1.32. The van der Waals surface area contributed by atoms with Crippen LogP contribution >= 0.6 is 8.86 Å². The van der Waals surface area contributed by atoms with E-state index in [1.54, 1.807) is 5.80 Å². The first-order valence-corrected chi connectivity index (χ1v) is 4.36. The molecule has 0 fully saturated rings. The molecule has 0 aromatic rings. The van der Waals surface area contributed by atoms with Crippen molar-refractivity contribution in [2.75, 3.05) is 0 Å². The quantitative estimate of drug-likeness (QED) is 0.496. The second-order valence-electron chi connectivity index (χ2n) is 1.29. The second kappa shape index (κ2) is 41.8. The Morgan fingerprint density at radius 1 is 1.11 bits per heavy atom. The summed E-state index contributed by atoms with van der Waals surface area (Å²) in [7, 11) is 3.06. The zero-order valence-corrected chi connectivity index (χ0v) is 8.49. The molecule has 0 amide bonds. The zero-order valence-electron chi connectivity index (χ0n) is 7.49. The van der Waals surface area contributed by atoms with Crippen LogP contribution in [0.15, 0.2) is 0 Å². The fraction of sp³-hybridized carbons (Fsp3) is 0.875. The molecule has 0 aliphatic rings. The van der Waals surface area contributed by atoms with Crippen LogP contribution in [0.2, 0.25) is 0 Å². The summed E-state index contributed by atoms with van der Waals surface area (Å²) < 4.78 is 0. The van der Waals surface area contributed by atoms with Crippen molar-refractivity contribution in [1.29, 1.82) is 0 Å². The van der Waals surface area contributed by atoms with Gasteiger partial charge in [-0.2, -0.15) is 0 Å². The normalized spacial score (nSPS) is 5.44. The predicted molar refractivity (Wildman–Crippen MR) is 52.0 cm³/mol. The van der Waals surface area contributed by atoms with Crippen molar-refractivity contribution in [2.24, 2.45) is 0 Å². The van der Waals surface area contributed by atoms with E-state index in [-0.39, 0.29) is 0 Å². The summed E-state index contributed by atoms with van der Waals surface area (Å²) in [5, 5.41) is 0. The van der Waals surface area contributed by atoms with Crippen molar-refractivity contribution >= 4 is 14.7 Å². The van der Waals surface area contributed by atoms with Gasteiger partial charge in [0.25, 0.3) is 0 Å². The fourth-order valence-electron chi connectivity index (χ4n) is 0. The number of hydrogen-bond acceptors (Lipinski definition) is 0. The molecule has 0 unspecified atom stereocenters. The van der Waals surface area contributed by atoms with E-state index in [1.807, 2.05) is 20.8 Å². The second-order valence-corrected chi connectivity index (χ2v) is 1.87. The van der Waals surface area contributed by atoms with Crippen LogP contribution in [-0.2, 0) is 0 Å². The highest BCUT2D eigenvalue weighted by atomic mass is 31.0. The van der Waals surface area contributed by atoms with Crippen molar-refractivity contribution < 1.29 is 0 Å². The van der Waals surface area contributed by atoms with Crippen LogP contribution < -0.4 is 0 Å². The maximum absolute atomic E-state index is 3.06. The van der Waals surface area contributed by atoms with Gasteiger partial charge in [-0.1, -0.05) is 46.3 Å². The van der Waals surface area contributed by atoms with Crippen LogP contribution in [0.3, 0.4) is 0 Å². The van der Waals surface area contributed by atoms with Crippen LogP contribution in [0.5, 0.6) is 0 Å². The fourth-order valence-corrected chi connectivity index (χ4v) is 0. The van der Waals surface area contributed by atoms with Gasteiger partial charge in [0, 0.05) is 0 Å². The number of unbranched alkanes of at least 4 members (excludes halogenated alkanes) is 1. The lowest BCUT2D eigenvalue weighted by Gasteiger charge is -1.68. The molecule has 0 saturated carbocycles. The van der Waals surface area contributed by atoms with Crippen LogP contribution in [0.1, 0.15) is 47.5 Å². The Morgan fingerprint density at radius 2 is 1.22 bits per heavy atom. The van der Waals surface area contributed by atoms with Crippen LogP contribution in [0.25, 0.3) is 0 Å². The average molecular weight is 148 g/mol. The van der Waals surface area contributed by atoms with Crippen molar-refractivity contribution in [3.63, 3.8) is 0 Å². The van der Waals surface area contributed by atoms with Gasteiger partial charge < -0.3 is 0 Å². The van der Waals surface area contributed by atoms with Gasteiger partial charge in [0.15, 0.2) is 0 Å². The van der Waals surface area contributed by atoms with E-state index >= 15 is 0 Å². The Kier molecular flexibility index (Phi) is 74.7. The number of rotatable bonds is 1. The summed E-state index contributed by atoms with van der Waals surface area (Å²) in [4.78, 5) is 0. The summed E-state index contributed by atoms with van der Waals surface area (Å²) in [6.45, 7) is 10.3. The Labute approximate surface area is 62.9 Å². The summed E-state index contributed by atoms with van der Waals surface area (Å²) in [5.41, 5.74) is 0. The van der Waals surface area contributed by atoms with Gasteiger partial charge >= 0.3 is 0 Å². The third kappa shape index (κ3) is 227. The highest BCUT2D eigenvalue weighted by molar-refractivity contribution is 7.18. The Balaban J connectivity index is -0.0000000646. The van der Waals surface area contributed by atoms with Gasteiger partial charge in [-0.3, -0.25) is 0 Å². The highest BCUT2D eigenvalue weighted by Crippen LogP contribution is 1.76. The van der Waals surface area contributed by atoms with E-state index in [9.17, 15) is 0 Å². The van der Waals surface area contributed by atoms with Crippen LogP contribution in [0, 0.1) is 0 Å². The molecule has 0 saturated heterocycles. The Morgan fingerprint density at radius 3 is 1.22 bits per heavy atom. The minimum absolute atomic E-state index is 1.32. The van der Waals surface area contributed by atoms with E-state index in [4.69, 9.17) is 0 Å². The van der Waals surface area contributed by atoms with Gasteiger partial charge in [0.2, 0.25) is 0 Å². The molecular formula is C8H21P. The molecule has 0 N–H and O–H groups in total. The number of hydrogen-bond donors (Lipinski definition) is 0. The molecule has 0 rings (SSSR count). The van der Waals surface area contributed by atoms with Crippen molar-refractivity contribution in [3.8, 4) is 0 Å².